The van der Waals surface area contributed by atoms with E-state index in [9.17, 15) is 9.90 Å². The molecule has 1 aromatic carbocycles. The number of hydrogen-bond acceptors (Lipinski definition) is 3. The molecule has 1 saturated carbocycles. The molecule has 1 aliphatic rings. The van der Waals surface area contributed by atoms with Crippen LogP contribution >= 0.6 is 0 Å². The van der Waals surface area contributed by atoms with E-state index in [1.807, 2.05) is 20.2 Å². The molecule has 0 radical (unpaired) electrons. The Kier molecular flexibility index (Phi) is 4.48. The molecule has 1 aliphatic carbocycles. The van der Waals surface area contributed by atoms with E-state index in [2.05, 4.69) is 11.8 Å². The van der Waals surface area contributed by atoms with Crippen LogP contribution in [0.5, 0.6) is 5.75 Å². The van der Waals surface area contributed by atoms with Gasteiger partial charge in [0.25, 0.3) is 0 Å². The van der Waals surface area contributed by atoms with Gasteiger partial charge in [-0.05, 0) is 63.4 Å². The lowest BCUT2D eigenvalue weighted by Crippen LogP contribution is -2.53. The summed E-state index contributed by atoms with van der Waals surface area (Å²) in [6.07, 6.45) is 4.52. The van der Waals surface area contributed by atoms with Crippen molar-refractivity contribution in [2.45, 2.75) is 44.6 Å². The van der Waals surface area contributed by atoms with Gasteiger partial charge in [0.05, 0.1) is 5.54 Å². The summed E-state index contributed by atoms with van der Waals surface area (Å²) in [7, 11) is 4.02. The average Bonchev–Trinajstić information content (AvgIpc) is 2.39. The highest BCUT2D eigenvalue weighted by Gasteiger charge is 2.42. The van der Waals surface area contributed by atoms with Crippen LogP contribution in [0.1, 0.15) is 38.2 Å². The quantitative estimate of drug-likeness (QED) is 0.918. The van der Waals surface area contributed by atoms with E-state index in [-0.39, 0.29) is 17.1 Å². The number of rotatable bonds is 4. The van der Waals surface area contributed by atoms with Gasteiger partial charge in [-0.1, -0.05) is 19.1 Å². The van der Waals surface area contributed by atoms with Crippen molar-refractivity contribution in [1.82, 2.24) is 4.90 Å². The van der Waals surface area contributed by atoms with E-state index in [0.717, 1.165) is 37.2 Å². The number of benzene rings is 1. The summed E-state index contributed by atoms with van der Waals surface area (Å²) in [5.74, 6) is 1.23. The Bertz CT molecular complexity index is 474. The van der Waals surface area contributed by atoms with Gasteiger partial charge in [-0.3, -0.25) is 9.69 Å². The molecule has 3 heteroatoms. The SMILES string of the molecule is CC1CCC(C(=O)Cc2cccc(O)c2)(N(C)C)CC1. The molecule has 0 saturated heterocycles. The number of nitrogens with zero attached hydrogens (tertiary/aromatic N) is 1. The first-order valence-corrected chi connectivity index (χ1v) is 7.43. The molecular formula is C17H25NO2. The summed E-state index contributed by atoms with van der Waals surface area (Å²) in [6.45, 7) is 2.26. The number of ketones is 1. The van der Waals surface area contributed by atoms with Crippen molar-refractivity contribution in [2.24, 2.45) is 5.92 Å². The van der Waals surface area contributed by atoms with Crippen molar-refractivity contribution in [2.75, 3.05) is 14.1 Å². The van der Waals surface area contributed by atoms with Crippen LogP contribution in [0, 0.1) is 5.92 Å². The smallest absolute Gasteiger partial charge is 0.157 e. The molecule has 0 aromatic heterocycles. The van der Waals surface area contributed by atoms with Crippen LogP contribution in [0.4, 0.5) is 0 Å². The molecule has 0 aliphatic heterocycles. The zero-order valence-electron chi connectivity index (χ0n) is 12.7. The Hall–Kier alpha value is -1.35. The third kappa shape index (κ3) is 3.04. The second-order valence-corrected chi connectivity index (χ2v) is 6.38. The Morgan fingerprint density at radius 1 is 1.35 bits per heavy atom. The lowest BCUT2D eigenvalue weighted by atomic mass is 9.72. The van der Waals surface area contributed by atoms with Gasteiger partial charge in [0.2, 0.25) is 0 Å². The van der Waals surface area contributed by atoms with Crippen molar-refractivity contribution < 1.29 is 9.90 Å². The standard InChI is InChI=1S/C17H25NO2/c1-13-7-9-17(10-8-13,18(2)3)16(20)12-14-5-4-6-15(19)11-14/h4-6,11,13,19H,7-10,12H2,1-3H3. The molecule has 1 N–H and O–H groups in total. The summed E-state index contributed by atoms with van der Waals surface area (Å²) < 4.78 is 0. The van der Waals surface area contributed by atoms with E-state index in [1.54, 1.807) is 18.2 Å². The molecular weight excluding hydrogens is 250 g/mol. The molecule has 0 bridgehead atoms. The summed E-state index contributed by atoms with van der Waals surface area (Å²) >= 11 is 0. The predicted octanol–water partition coefficient (Wildman–Crippen LogP) is 3.01. The Labute approximate surface area is 121 Å². The molecule has 0 heterocycles. The van der Waals surface area contributed by atoms with Crippen LogP contribution < -0.4 is 0 Å². The maximum absolute atomic E-state index is 12.8. The van der Waals surface area contributed by atoms with Crippen molar-refractivity contribution in [3.05, 3.63) is 29.8 Å². The number of carbonyl (C=O) groups is 1. The van der Waals surface area contributed by atoms with Crippen LogP contribution in [0.2, 0.25) is 0 Å². The normalized spacial score (nSPS) is 26.7. The van der Waals surface area contributed by atoms with Gasteiger partial charge >= 0.3 is 0 Å². The summed E-state index contributed by atoms with van der Waals surface area (Å²) in [4.78, 5) is 14.9. The minimum atomic E-state index is -0.321. The first-order chi connectivity index (χ1) is 9.44. The minimum Gasteiger partial charge on any atom is -0.508 e. The zero-order valence-corrected chi connectivity index (χ0v) is 12.7. The van der Waals surface area contributed by atoms with E-state index in [1.165, 1.54) is 0 Å². The summed E-state index contributed by atoms with van der Waals surface area (Å²) in [6, 6.07) is 7.03. The number of phenolic OH excluding ortho intramolecular Hbond substituents is 1. The van der Waals surface area contributed by atoms with E-state index in [4.69, 9.17) is 0 Å². The minimum absolute atomic E-state index is 0.228. The van der Waals surface area contributed by atoms with Gasteiger partial charge in [0, 0.05) is 6.42 Å². The predicted molar refractivity (Wildman–Crippen MR) is 80.9 cm³/mol. The molecule has 110 valence electrons. The molecule has 0 spiro atoms. The molecule has 20 heavy (non-hydrogen) atoms. The van der Waals surface area contributed by atoms with E-state index >= 15 is 0 Å². The van der Waals surface area contributed by atoms with Crippen LogP contribution in [0.3, 0.4) is 0 Å². The van der Waals surface area contributed by atoms with Gasteiger partial charge in [-0.15, -0.1) is 0 Å². The number of likely N-dealkylation sites (N-methyl/N-ethyl adjacent to an activating group) is 1. The Morgan fingerprint density at radius 2 is 2.00 bits per heavy atom. The van der Waals surface area contributed by atoms with Crippen molar-refractivity contribution in [1.29, 1.82) is 0 Å². The van der Waals surface area contributed by atoms with Crippen LogP contribution in [0.15, 0.2) is 24.3 Å². The Balaban J connectivity index is 2.16. The summed E-state index contributed by atoms with van der Waals surface area (Å²) in [5, 5.41) is 9.52. The van der Waals surface area contributed by atoms with Crippen LogP contribution in [-0.4, -0.2) is 35.4 Å². The molecule has 0 amide bonds. The first-order valence-electron chi connectivity index (χ1n) is 7.43. The Morgan fingerprint density at radius 3 is 2.55 bits per heavy atom. The zero-order chi connectivity index (χ0) is 14.8. The average molecular weight is 275 g/mol. The first kappa shape index (κ1) is 15.0. The van der Waals surface area contributed by atoms with Gasteiger partial charge in [-0.25, -0.2) is 0 Å². The van der Waals surface area contributed by atoms with Crippen molar-refractivity contribution in [3.63, 3.8) is 0 Å². The third-order valence-corrected chi connectivity index (χ3v) is 4.75. The third-order valence-electron chi connectivity index (χ3n) is 4.75. The molecule has 1 aromatic rings. The maximum atomic E-state index is 12.8. The second kappa shape index (κ2) is 5.96. The van der Waals surface area contributed by atoms with Gasteiger partial charge in [-0.2, -0.15) is 0 Å². The fourth-order valence-electron chi connectivity index (χ4n) is 3.23. The topological polar surface area (TPSA) is 40.5 Å². The fraction of sp³-hybridized carbons (Fsp3) is 0.588. The number of hydrogen-bond donors (Lipinski definition) is 1. The van der Waals surface area contributed by atoms with Crippen LogP contribution in [-0.2, 0) is 11.2 Å². The van der Waals surface area contributed by atoms with Gasteiger partial charge in [0.1, 0.15) is 5.75 Å². The lowest BCUT2D eigenvalue weighted by Gasteiger charge is -2.43. The van der Waals surface area contributed by atoms with Crippen molar-refractivity contribution >= 4 is 5.78 Å². The number of aromatic hydroxyl groups is 1. The monoisotopic (exact) mass is 275 g/mol. The lowest BCUT2D eigenvalue weighted by molar-refractivity contribution is -0.131. The molecule has 0 atom stereocenters. The highest BCUT2D eigenvalue weighted by Crippen LogP contribution is 2.36. The van der Waals surface area contributed by atoms with Gasteiger partial charge < -0.3 is 5.11 Å². The largest absolute Gasteiger partial charge is 0.508 e. The number of Topliss-reactive ketones (excluding diaryl/α,β-unsaturated/α-hetero) is 1. The number of carbonyl (C=O) groups excluding carboxylic acids is 1. The van der Waals surface area contributed by atoms with E-state index < -0.39 is 0 Å². The fourth-order valence-corrected chi connectivity index (χ4v) is 3.23. The van der Waals surface area contributed by atoms with Gasteiger partial charge in [0.15, 0.2) is 5.78 Å². The van der Waals surface area contributed by atoms with Crippen molar-refractivity contribution in [3.8, 4) is 5.75 Å². The highest BCUT2D eigenvalue weighted by atomic mass is 16.3. The summed E-state index contributed by atoms with van der Waals surface area (Å²) in [5.41, 5.74) is 0.577. The van der Waals surface area contributed by atoms with E-state index in [0.29, 0.717) is 6.42 Å². The molecule has 0 unspecified atom stereocenters. The molecule has 1 fully saturated rings. The number of phenols is 1. The molecule has 3 nitrogen and oxygen atoms in total. The maximum Gasteiger partial charge on any atom is 0.157 e. The molecule has 2 rings (SSSR count). The van der Waals surface area contributed by atoms with Crippen LogP contribution in [0.25, 0.3) is 0 Å². The second-order valence-electron chi connectivity index (χ2n) is 6.38. The highest BCUT2D eigenvalue weighted by molar-refractivity contribution is 5.90.